The van der Waals surface area contributed by atoms with Crippen molar-refractivity contribution in [3.05, 3.63) is 33.3 Å². The van der Waals surface area contributed by atoms with Crippen molar-refractivity contribution in [1.29, 1.82) is 0 Å². The highest BCUT2D eigenvalue weighted by Gasteiger charge is 2.17. The Morgan fingerprint density at radius 1 is 1.31 bits per heavy atom. The Balaban J connectivity index is 3.18. The molecule has 0 heterocycles. The summed E-state index contributed by atoms with van der Waals surface area (Å²) in [5.74, 6) is -1.36. The lowest BCUT2D eigenvalue weighted by Crippen LogP contribution is -2.11. The number of halogens is 2. The summed E-state index contributed by atoms with van der Waals surface area (Å²) < 4.78 is 4.49. The Morgan fingerprint density at radius 3 is 2.44 bits per heavy atom. The Morgan fingerprint density at radius 2 is 1.94 bits per heavy atom. The van der Waals surface area contributed by atoms with Crippen LogP contribution in [0, 0.1) is 0 Å². The molecule has 0 N–H and O–H groups in total. The SMILES string of the molecule is CCc1c(C(=O)OC(C)=O)ccc(Cl)c1Cl. The van der Waals surface area contributed by atoms with Crippen LogP contribution in [0.15, 0.2) is 12.1 Å². The number of esters is 2. The normalized spacial score (nSPS) is 10.0. The summed E-state index contributed by atoms with van der Waals surface area (Å²) in [7, 11) is 0. The van der Waals surface area contributed by atoms with Gasteiger partial charge in [0.05, 0.1) is 15.6 Å². The van der Waals surface area contributed by atoms with Crippen LogP contribution in [-0.2, 0) is 16.0 Å². The van der Waals surface area contributed by atoms with E-state index in [1.807, 2.05) is 6.92 Å². The van der Waals surface area contributed by atoms with E-state index in [1.165, 1.54) is 19.1 Å². The average molecular weight is 261 g/mol. The molecule has 0 aromatic heterocycles. The molecule has 0 radical (unpaired) electrons. The second-order valence-corrected chi connectivity index (χ2v) is 3.91. The van der Waals surface area contributed by atoms with E-state index in [2.05, 4.69) is 4.74 Å². The third-order valence-corrected chi connectivity index (χ3v) is 2.85. The lowest BCUT2D eigenvalue weighted by atomic mass is 10.1. The third-order valence-electron chi connectivity index (χ3n) is 2.01. The predicted molar refractivity (Wildman–Crippen MR) is 61.9 cm³/mol. The van der Waals surface area contributed by atoms with Gasteiger partial charge in [-0.25, -0.2) is 4.79 Å². The standard InChI is InChI=1S/C11H10Cl2O3/c1-3-7-8(11(15)16-6(2)14)4-5-9(12)10(7)13/h4-5H,3H2,1-2H3. The van der Waals surface area contributed by atoms with Crippen LogP contribution in [0.1, 0.15) is 29.8 Å². The molecule has 3 nitrogen and oxygen atoms in total. The zero-order chi connectivity index (χ0) is 12.3. The molecule has 0 aliphatic rings. The lowest BCUT2D eigenvalue weighted by Gasteiger charge is -2.09. The molecular formula is C11H10Cl2O3. The minimum atomic E-state index is -0.706. The lowest BCUT2D eigenvalue weighted by molar-refractivity contribution is -0.135. The number of hydrogen-bond donors (Lipinski definition) is 0. The second kappa shape index (κ2) is 5.32. The van der Waals surface area contributed by atoms with Crippen molar-refractivity contribution in [1.82, 2.24) is 0 Å². The van der Waals surface area contributed by atoms with Crippen molar-refractivity contribution in [2.45, 2.75) is 20.3 Å². The van der Waals surface area contributed by atoms with Crippen molar-refractivity contribution in [2.24, 2.45) is 0 Å². The Kier molecular flexibility index (Phi) is 4.33. The summed E-state index contributed by atoms with van der Waals surface area (Å²) in [6.07, 6.45) is 0.529. The van der Waals surface area contributed by atoms with Gasteiger partial charge in [-0.2, -0.15) is 0 Å². The summed E-state index contributed by atoms with van der Waals surface area (Å²) in [6.45, 7) is 3.00. The van der Waals surface area contributed by atoms with Gasteiger partial charge in [-0.15, -0.1) is 0 Å². The molecule has 0 aliphatic heterocycles. The monoisotopic (exact) mass is 260 g/mol. The Hall–Kier alpha value is -1.06. The van der Waals surface area contributed by atoms with Crippen molar-refractivity contribution in [2.75, 3.05) is 0 Å². The second-order valence-electron chi connectivity index (χ2n) is 3.12. The van der Waals surface area contributed by atoms with Gasteiger partial charge in [0.1, 0.15) is 0 Å². The van der Waals surface area contributed by atoms with Gasteiger partial charge in [-0.3, -0.25) is 4.79 Å². The molecule has 1 aromatic rings. The van der Waals surface area contributed by atoms with Gasteiger partial charge in [0.15, 0.2) is 0 Å². The van der Waals surface area contributed by atoms with Crippen LogP contribution in [0.4, 0.5) is 0 Å². The number of carbonyl (C=O) groups is 2. The first-order valence-corrected chi connectivity index (χ1v) is 5.42. The molecule has 86 valence electrons. The highest BCUT2D eigenvalue weighted by molar-refractivity contribution is 6.42. The first kappa shape index (κ1) is 13.0. The molecule has 0 bridgehead atoms. The highest BCUT2D eigenvalue weighted by Crippen LogP contribution is 2.29. The summed E-state index contributed by atoms with van der Waals surface area (Å²) in [5.41, 5.74) is 0.854. The van der Waals surface area contributed by atoms with Gasteiger partial charge in [-0.05, 0) is 24.1 Å². The van der Waals surface area contributed by atoms with E-state index in [1.54, 1.807) is 0 Å². The van der Waals surface area contributed by atoms with E-state index in [0.29, 0.717) is 22.0 Å². The van der Waals surface area contributed by atoms with Crippen LogP contribution >= 0.6 is 23.2 Å². The molecule has 1 rings (SSSR count). The molecule has 0 fully saturated rings. The fourth-order valence-corrected chi connectivity index (χ4v) is 1.79. The molecule has 1 aromatic carbocycles. The van der Waals surface area contributed by atoms with Gasteiger partial charge in [0.2, 0.25) is 0 Å². The largest absolute Gasteiger partial charge is 0.390 e. The molecule has 5 heteroatoms. The van der Waals surface area contributed by atoms with Gasteiger partial charge in [-0.1, -0.05) is 30.1 Å². The van der Waals surface area contributed by atoms with E-state index in [9.17, 15) is 9.59 Å². The van der Waals surface area contributed by atoms with Crippen molar-refractivity contribution in [3.63, 3.8) is 0 Å². The quantitative estimate of drug-likeness (QED) is 0.606. The summed E-state index contributed by atoms with van der Waals surface area (Å²) in [6, 6.07) is 3.00. The molecule has 0 atom stereocenters. The zero-order valence-corrected chi connectivity index (χ0v) is 10.4. The van der Waals surface area contributed by atoms with Crippen molar-refractivity contribution >= 4 is 35.1 Å². The van der Waals surface area contributed by atoms with E-state index in [-0.39, 0.29) is 5.56 Å². The molecular weight excluding hydrogens is 251 g/mol. The van der Waals surface area contributed by atoms with Crippen LogP contribution in [0.2, 0.25) is 10.0 Å². The maximum atomic E-state index is 11.6. The Bertz CT molecular complexity index is 441. The van der Waals surface area contributed by atoms with E-state index in [4.69, 9.17) is 23.2 Å². The van der Waals surface area contributed by atoms with Crippen LogP contribution in [0.5, 0.6) is 0 Å². The number of rotatable bonds is 2. The zero-order valence-electron chi connectivity index (χ0n) is 8.84. The topological polar surface area (TPSA) is 43.4 Å². The molecule has 0 spiro atoms. The fourth-order valence-electron chi connectivity index (χ4n) is 1.32. The molecule has 0 saturated carbocycles. The summed E-state index contributed by atoms with van der Waals surface area (Å²) >= 11 is 11.8. The summed E-state index contributed by atoms with van der Waals surface area (Å²) in [5, 5.41) is 0.695. The van der Waals surface area contributed by atoms with Crippen LogP contribution in [0.25, 0.3) is 0 Å². The van der Waals surface area contributed by atoms with Crippen molar-refractivity contribution in [3.8, 4) is 0 Å². The number of carbonyl (C=O) groups excluding carboxylic acids is 2. The van der Waals surface area contributed by atoms with E-state index in [0.717, 1.165) is 0 Å². The van der Waals surface area contributed by atoms with Crippen molar-refractivity contribution < 1.29 is 14.3 Å². The first-order chi connectivity index (χ1) is 7.47. The van der Waals surface area contributed by atoms with Gasteiger partial charge in [0, 0.05) is 6.92 Å². The van der Waals surface area contributed by atoms with Crippen LogP contribution in [0.3, 0.4) is 0 Å². The average Bonchev–Trinajstić information content (AvgIpc) is 2.20. The van der Waals surface area contributed by atoms with E-state index >= 15 is 0 Å². The number of hydrogen-bond acceptors (Lipinski definition) is 3. The Labute approximate surface area is 103 Å². The minimum absolute atomic E-state index is 0.270. The van der Waals surface area contributed by atoms with E-state index < -0.39 is 11.9 Å². The number of benzene rings is 1. The molecule has 0 unspecified atom stereocenters. The van der Waals surface area contributed by atoms with Gasteiger partial charge in [0.25, 0.3) is 0 Å². The minimum Gasteiger partial charge on any atom is -0.390 e. The molecule has 0 aliphatic carbocycles. The predicted octanol–water partition coefficient (Wildman–Crippen LogP) is 3.26. The highest BCUT2D eigenvalue weighted by atomic mass is 35.5. The van der Waals surface area contributed by atoms with Crippen LogP contribution < -0.4 is 0 Å². The third kappa shape index (κ3) is 2.74. The maximum absolute atomic E-state index is 11.6. The first-order valence-electron chi connectivity index (χ1n) is 4.67. The molecule has 0 amide bonds. The molecule has 0 saturated heterocycles. The van der Waals surface area contributed by atoms with Gasteiger partial charge < -0.3 is 4.74 Å². The number of ether oxygens (including phenoxy) is 1. The van der Waals surface area contributed by atoms with Gasteiger partial charge >= 0.3 is 11.9 Å². The summed E-state index contributed by atoms with van der Waals surface area (Å²) in [4.78, 5) is 22.2. The van der Waals surface area contributed by atoms with Crippen LogP contribution in [-0.4, -0.2) is 11.9 Å². The fraction of sp³-hybridized carbons (Fsp3) is 0.273. The molecule has 16 heavy (non-hydrogen) atoms. The maximum Gasteiger partial charge on any atom is 0.346 e. The smallest absolute Gasteiger partial charge is 0.346 e.